The highest BCUT2D eigenvalue weighted by atomic mass is 16.5. The first-order chi connectivity index (χ1) is 9.55. The second-order valence-electron chi connectivity index (χ2n) is 6.10. The SMILES string of the molecule is COCCN(CC(C)C)C(=O)C1(COC)CCNCC1. The van der Waals surface area contributed by atoms with Crippen LogP contribution >= 0.6 is 0 Å². The molecule has 1 N–H and O–H groups in total. The zero-order valence-corrected chi connectivity index (χ0v) is 13.4. The van der Waals surface area contributed by atoms with Gasteiger partial charge in [-0.15, -0.1) is 0 Å². The zero-order valence-electron chi connectivity index (χ0n) is 13.4. The van der Waals surface area contributed by atoms with Crippen LogP contribution in [0.2, 0.25) is 0 Å². The molecule has 1 amide bonds. The highest BCUT2D eigenvalue weighted by Gasteiger charge is 2.42. The van der Waals surface area contributed by atoms with E-state index in [0.717, 1.165) is 32.5 Å². The predicted molar refractivity (Wildman–Crippen MR) is 79.7 cm³/mol. The Balaban J connectivity index is 2.81. The van der Waals surface area contributed by atoms with Crippen LogP contribution in [0, 0.1) is 11.3 Å². The summed E-state index contributed by atoms with van der Waals surface area (Å²) in [6.45, 7) is 8.57. The molecule has 5 heteroatoms. The Bertz CT molecular complexity index is 283. The summed E-state index contributed by atoms with van der Waals surface area (Å²) in [5.41, 5.74) is -0.359. The van der Waals surface area contributed by atoms with Gasteiger partial charge in [-0.3, -0.25) is 4.79 Å². The Morgan fingerprint density at radius 1 is 1.25 bits per heavy atom. The molecule has 0 unspecified atom stereocenters. The van der Waals surface area contributed by atoms with E-state index in [-0.39, 0.29) is 11.3 Å². The minimum atomic E-state index is -0.359. The number of amides is 1. The van der Waals surface area contributed by atoms with Crippen molar-refractivity contribution in [3.05, 3.63) is 0 Å². The third-order valence-electron chi connectivity index (χ3n) is 3.87. The van der Waals surface area contributed by atoms with E-state index in [4.69, 9.17) is 9.47 Å². The van der Waals surface area contributed by atoms with Crippen molar-refractivity contribution < 1.29 is 14.3 Å². The minimum absolute atomic E-state index is 0.228. The number of nitrogens with zero attached hydrogens (tertiary/aromatic N) is 1. The first kappa shape index (κ1) is 17.4. The number of nitrogens with one attached hydrogen (secondary N) is 1. The van der Waals surface area contributed by atoms with Crippen molar-refractivity contribution in [1.82, 2.24) is 10.2 Å². The summed E-state index contributed by atoms with van der Waals surface area (Å²) < 4.78 is 10.5. The van der Waals surface area contributed by atoms with Gasteiger partial charge in [0.25, 0.3) is 0 Å². The molecule has 118 valence electrons. The molecule has 1 aliphatic heterocycles. The van der Waals surface area contributed by atoms with Crippen molar-refractivity contribution in [2.45, 2.75) is 26.7 Å². The van der Waals surface area contributed by atoms with Crippen LogP contribution in [0.25, 0.3) is 0 Å². The van der Waals surface area contributed by atoms with E-state index in [9.17, 15) is 4.79 Å². The lowest BCUT2D eigenvalue weighted by molar-refractivity contribution is -0.148. The fourth-order valence-corrected chi connectivity index (χ4v) is 2.85. The quantitative estimate of drug-likeness (QED) is 0.727. The van der Waals surface area contributed by atoms with E-state index in [0.29, 0.717) is 25.7 Å². The van der Waals surface area contributed by atoms with Gasteiger partial charge >= 0.3 is 0 Å². The van der Waals surface area contributed by atoms with Gasteiger partial charge in [0.15, 0.2) is 0 Å². The van der Waals surface area contributed by atoms with Crippen molar-refractivity contribution in [1.29, 1.82) is 0 Å². The first-order valence-corrected chi connectivity index (χ1v) is 7.53. The first-order valence-electron chi connectivity index (χ1n) is 7.53. The summed E-state index contributed by atoms with van der Waals surface area (Å²) in [7, 11) is 3.35. The lowest BCUT2D eigenvalue weighted by Gasteiger charge is -2.40. The third-order valence-corrected chi connectivity index (χ3v) is 3.87. The van der Waals surface area contributed by atoms with Crippen molar-refractivity contribution in [3.8, 4) is 0 Å². The molecule has 5 nitrogen and oxygen atoms in total. The summed E-state index contributed by atoms with van der Waals surface area (Å²) in [5, 5.41) is 3.32. The van der Waals surface area contributed by atoms with Crippen LogP contribution in [0.3, 0.4) is 0 Å². The van der Waals surface area contributed by atoms with Gasteiger partial charge in [0.2, 0.25) is 5.91 Å². The number of methoxy groups -OCH3 is 2. The Labute approximate surface area is 123 Å². The fourth-order valence-electron chi connectivity index (χ4n) is 2.85. The van der Waals surface area contributed by atoms with E-state index in [1.807, 2.05) is 4.90 Å². The molecule has 1 fully saturated rings. The summed E-state index contributed by atoms with van der Waals surface area (Å²) in [6.07, 6.45) is 1.70. The van der Waals surface area contributed by atoms with Gasteiger partial charge in [-0.25, -0.2) is 0 Å². The van der Waals surface area contributed by atoms with E-state index in [1.165, 1.54) is 0 Å². The van der Waals surface area contributed by atoms with Gasteiger partial charge in [0, 0.05) is 27.3 Å². The van der Waals surface area contributed by atoms with Crippen molar-refractivity contribution >= 4 is 5.91 Å². The van der Waals surface area contributed by atoms with Crippen LogP contribution in [0.4, 0.5) is 0 Å². The summed E-state index contributed by atoms with van der Waals surface area (Å²) in [6, 6.07) is 0. The van der Waals surface area contributed by atoms with E-state index in [1.54, 1.807) is 14.2 Å². The van der Waals surface area contributed by atoms with Crippen LogP contribution in [0.1, 0.15) is 26.7 Å². The summed E-state index contributed by atoms with van der Waals surface area (Å²) in [5.74, 6) is 0.684. The van der Waals surface area contributed by atoms with Gasteiger partial charge in [-0.2, -0.15) is 0 Å². The van der Waals surface area contributed by atoms with Crippen LogP contribution in [0.15, 0.2) is 0 Å². The lowest BCUT2D eigenvalue weighted by Crippen LogP contribution is -2.53. The average molecular weight is 286 g/mol. The fraction of sp³-hybridized carbons (Fsp3) is 0.933. The molecule has 0 aromatic carbocycles. The summed E-state index contributed by atoms with van der Waals surface area (Å²) >= 11 is 0. The number of carbonyl (C=O) groups excluding carboxylic acids is 1. The monoisotopic (exact) mass is 286 g/mol. The molecule has 20 heavy (non-hydrogen) atoms. The maximum Gasteiger partial charge on any atom is 0.231 e. The molecule has 0 spiro atoms. The largest absolute Gasteiger partial charge is 0.384 e. The third kappa shape index (κ3) is 4.72. The van der Waals surface area contributed by atoms with Gasteiger partial charge in [0.05, 0.1) is 18.6 Å². The van der Waals surface area contributed by atoms with E-state index < -0.39 is 0 Å². The van der Waals surface area contributed by atoms with Crippen LogP contribution < -0.4 is 5.32 Å². The maximum absolute atomic E-state index is 13.0. The van der Waals surface area contributed by atoms with E-state index >= 15 is 0 Å². The lowest BCUT2D eigenvalue weighted by atomic mass is 9.78. The maximum atomic E-state index is 13.0. The molecule has 0 aliphatic carbocycles. The van der Waals surface area contributed by atoms with Crippen molar-refractivity contribution in [3.63, 3.8) is 0 Å². The highest BCUT2D eigenvalue weighted by molar-refractivity contribution is 5.83. The Kier molecular flexibility index (Phi) is 7.48. The smallest absolute Gasteiger partial charge is 0.231 e. The summed E-state index contributed by atoms with van der Waals surface area (Å²) in [4.78, 5) is 15.0. The highest BCUT2D eigenvalue weighted by Crippen LogP contribution is 2.31. The molecule has 1 rings (SSSR count). The van der Waals surface area contributed by atoms with Gasteiger partial charge in [-0.1, -0.05) is 13.8 Å². The number of piperidine rings is 1. The Morgan fingerprint density at radius 3 is 2.40 bits per heavy atom. The topological polar surface area (TPSA) is 50.8 Å². The van der Waals surface area contributed by atoms with Crippen molar-refractivity contribution in [2.75, 3.05) is 53.6 Å². The van der Waals surface area contributed by atoms with Gasteiger partial charge < -0.3 is 19.7 Å². The molecule has 1 heterocycles. The molecule has 0 saturated carbocycles. The minimum Gasteiger partial charge on any atom is -0.384 e. The molecule has 1 saturated heterocycles. The van der Waals surface area contributed by atoms with Crippen LogP contribution in [-0.4, -0.2) is 64.4 Å². The number of carbonyl (C=O) groups is 1. The zero-order chi connectivity index (χ0) is 15.0. The molecule has 0 aromatic rings. The number of hydrogen-bond donors (Lipinski definition) is 1. The normalized spacial score (nSPS) is 18.2. The number of hydrogen-bond acceptors (Lipinski definition) is 4. The molecule has 0 atom stereocenters. The van der Waals surface area contributed by atoms with Crippen LogP contribution in [0.5, 0.6) is 0 Å². The molecule has 0 bridgehead atoms. The molecule has 1 aliphatic rings. The van der Waals surface area contributed by atoms with E-state index in [2.05, 4.69) is 19.2 Å². The molecule has 0 aromatic heterocycles. The molecule has 0 radical (unpaired) electrons. The standard InChI is InChI=1S/C15H30N2O3/c1-13(2)11-17(9-10-19-3)14(18)15(12-20-4)5-7-16-8-6-15/h13,16H,5-12H2,1-4H3. The predicted octanol–water partition coefficient (Wildman–Crippen LogP) is 1.13. The Morgan fingerprint density at radius 2 is 1.90 bits per heavy atom. The van der Waals surface area contributed by atoms with Gasteiger partial charge in [-0.05, 0) is 31.8 Å². The second-order valence-corrected chi connectivity index (χ2v) is 6.10. The van der Waals surface area contributed by atoms with Crippen molar-refractivity contribution in [2.24, 2.45) is 11.3 Å². The Hall–Kier alpha value is -0.650. The van der Waals surface area contributed by atoms with Crippen LogP contribution in [-0.2, 0) is 14.3 Å². The average Bonchev–Trinajstić information content (AvgIpc) is 2.43. The molecular weight excluding hydrogens is 256 g/mol. The number of rotatable bonds is 8. The molecular formula is C15H30N2O3. The van der Waals surface area contributed by atoms with Gasteiger partial charge in [0.1, 0.15) is 0 Å². The second kappa shape index (κ2) is 8.60. The number of ether oxygens (including phenoxy) is 2.